The smallest absolute Gasteiger partial charge is 0.0839 e. The van der Waals surface area contributed by atoms with E-state index in [9.17, 15) is 0 Å². The molecule has 0 spiro atoms. The third-order valence-electron chi connectivity index (χ3n) is 3.43. The summed E-state index contributed by atoms with van der Waals surface area (Å²) in [5.74, 6) is 0. The molecule has 19 heavy (non-hydrogen) atoms. The van der Waals surface area contributed by atoms with E-state index < -0.39 is 0 Å². The van der Waals surface area contributed by atoms with Gasteiger partial charge >= 0.3 is 0 Å². The third kappa shape index (κ3) is 2.90. The number of hydrogen-bond acceptors (Lipinski definition) is 2. The van der Waals surface area contributed by atoms with Crippen molar-refractivity contribution >= 4 is 15.9 Å². The molecule has 0 amide bonds. The van der Waals surface area contributed by atoms with Crippen LogP contribution in [0.1, 0.15) is 32.0 Å². The molecule has 1 aromatic carbocycles. The van der Waals surface area contributed by atoms with Gasteiger partial charge in [0.25, 0.3) is 0 Å². The largest absolute Gasteiger partial charge is 0.330 e. The van der Waals surface area contributed by atoms with Crippen molar-refractivity contribution in [2.24, 2.45) is 5.73 Å². The van der Waals surface area contributed by atoms with E-state index in [2.05, 4.69) is 66.1 Å². The summed E-state index contributed by atoms with van der Waals surface area (Å²) in [5, 5.41) is 4.67. The van der Waals surface area contributed by atoms with Crippen LogP contribution < -0.4 is 5.73 Å². The molecule has 2 rings (SSSR count). The topological polar surface area (TPSA) is 43.8 Å². The summed E-state index contributed by atoms with van der Waals surface area (Å²) in [6.45, 7) is 6.92. The van der Waals surface area contributed by atoms with Crippen LogP contribution in [0.5, 0.6) is 0 Å². The van der Waals surface area contributed by atoms with Crippen molar-refractivity contribution in [2.75, 3.05) is 6.54 Å². The van der Waals surface area contributed by atoms with Crippen molar-refractivity contribution in [1.82, 2.24) is 9.78 Å². The van der Waals surface area contributed by atoms with Crippen LogP contribution in [0, 0.1) is 0 Å². The van der Waals surface area contributed by atoms with Gasteiger partial charge in [0, 0.05) is 18.2 Å². The van der Waals surface area contributed by atoms with Gasteiger partial charge in [0.15, 0.2) is 0 Å². The molecule has 2 aromatic rings. The van der Waals surface area contributed by atoms with Crippen LogP contribution in [0.3, 0.4) is 0 Å². The number of nitrogens with zero attached hydrogens (tertiary/aromatic N) is 2. The highest BCUT2D eigenvalue weighted by atomic mass is 79.9. The minimum absolute atomic E-state index is 0.132. The lowest BCUT2D eigenvalue weighted by Gasteiger charge is -2.20. The summed E-state index contributed by atoms with van der Waals surface area (Å²) in [5.41, 5.74) is 9.08. The van der Waals surface area contributed by atoms with Crippen molar-refractivity contribution < 1.29 is 0 Å². The number of nitrogens with two attached hydrogens (primary N) is 1. The molecule has 1 aromatic heterocycles. The summed E-state index contributed by atoms with van der Waals surface area (Å²) < 4.78 is 2.90. The van der Waals surface area contributed by atoms with E-state index in [1.165, 1.54) is 5.56 Å². The number of benzene rings is 1. The Morgan fingerprint density at radius 2 is 1.89 bits per heavy atom. The number of halogens is 1. The third-order valence-corrected chi connectivity index (χ3v) is 4.01. The van der Waals surface area contributed by atoms with Crippen LogP contribution in [-0.4, -0.2) is 16.3 Å². The van der Waals surface area contributed by atoms with Gasteiger partial charge in [0.05, 0.1) is 15.9 Å². The molecule has 4 heteroatoms. The van der Waals surface area contributed by atoms with Gasteiger partial charge in [-0.15, -0.1) is 0 Å². The van der Waals surface area contributed by atoms with E-state index in [-0.39, 0.29) is 5.41 Å². The molecule has 0 radical (unpaired) electrons. The molecule has 3 nitrogen and oxygen atoms in total. The number of rotatable bonds is 4. The van der Waals surface area contributed by atoms with E-state index in [1.54, 1.807) is 0 Å². The molecule has 0 unspecified atom stereocenters. The fraction of sp³-hybridized carbons (Fsp3) is 0.400. The molecule has 2 N–H and O–H groups in total. The maximum Gasteiger partial charge on any atom is 0.0839 e. The molecule has 0 atom stereocenters. The standard InChI is InChI=1S/C15H20BrN3/c1-4-11-5-7-12(8-6-11)19-9-13(16)14(18-19)15(2,3)10-17/h5-9H,4,10,17H2,1-3H3. The Morgan fingerprint density at radius 1 is 1.26 bits per heavy atom. The van der Waals surface area contributed by atoms with Crippen molar-refractivity contribution in [3.8, 4) is 5.69 Å². The average Bonchev–Trinajstić information content (AvgIpc) is 2.82. The number of aromatic nitrogens is 2. The lowest BCUT2D eigenvalue weighted by molar-refractivity contribution is 0.513. The summed E-state index contributed by atoms with van der Waals surface area (Å²) in [7, 11) is 0. The predicted molar refractivity (Wildman–Crippen MR) is 82.7 cm³/mol. The second-order valence-corrected chi connectivity index (χ2v) is 6.23. The molecule has 0 aliphatic rings. The van der Waals surface area contributed by atoms with E-state index >= 15 is 0 Å². The van der Waals surface area contributed by atoms with Gasteiger partial charge in [-0.05, 0) is 40.0 Å². The van der Waals surface area contributed by atoms with E-state index in [0.717, 1.165) is 22.3 Å². The maximum absolute atomic E-state index is 5.82. The van der Waals surface area contributed by atoms with Crippen LogP contribution >= 0.6 is 15.9 Å². The minimum Gasteiger partial charge on any atom is -0.330 e. The highest BCUT2D eigenvalue weighted by Crippen LogP contribution is 2.28. The highest BCUT2D eigenvalue weighted by Gasteiger charge is 2.25. The van der Waals surface area contributed by atoms with Gasteiger partial charge < -0.3 is 5.73 Å². The maximum atomic E-state index is 5.82. The Balaban J connectivity index is 2.38. The second-order valence-electron chi connectivity index (χ2n) is 5.38. The second kappa shape index (κ2) is 5.47. The van der Waals surface area contributed by atoms with Gasteiger partial charge in [0.2, 0.25) is 0 Å². The Morgan fingerprint density at radius 3 is 2.42 bits per heavy atom. The molecule has 0 bridgehead atoms. The zero-order chi connectivity index (χ0) is 14.0. The Hall–Kier alpha value is -1.13. The first-order valence-corrected chi connectivity index (χ1v) is 7.32. The molecule has 0 aliphatic carbocycles. The monoisotopic (exact) mass is 321 g/mol. The summed E-state index contributed by atoms with van der Waals surface area (Å²) in [6.07, 6.45) is 3.04. The van der Waals surface area contributed by atoms with Crippen LogP contribution in [0.25, 0.3) is 5.69 Å². The van der Waals surface area contributed by atoms with Gasteiger partial charge in [-0.2, -0.15) is 5.10 Å². The van der Waals surface area contributed by atoms with Gasteiger partial charge in [-0.1, -0.05) is 32.9 Å². The first-order chi connectivity index (χ1) is 8.97. The minimum atomic E-state index is -0.132. The quantitative estimate of drug-likeness (QED) is 0.937. The molecule has 0 saturated heterocycles. The Bertz CT molecular complexity index is 555. The first kappa shape index (κ1) is 14.3. The van der Waals surface area contributed by atoms with Gasteiger partial charge in [-0.3, -0.25) is 0 Å². The predicted octanol–water partition coefficient (Wildman–Crippen LogP) is 3.43. The fourth-order valence-corrected chi connectivity index (χ4v) is 2.73. The van der Waals surface area contributed by atoms with E-state index in [0.29, 0.717) is 6.54 Å². The van der Waals surface area contributed by atoms with Crippen molar-refractivity contribution in [3.63, 3.8) is 0 Å². The lowest BCUT2D eigenvalue weighted by atomic mass is 9.90. The first-order valence-electron chi connectivity index (χ1n) is 6.53. The molecular weight excluding hydrogens is 302 g/mol. The van der Waals surface area contributed by atoms with E-state index in [4.69, 9.17) is 5.73 Å². The molecule has 1 heterocycles. The van der Waals surface area contributed by atoms with E-state index in [1.807, 2.05) is 10.9 Å². The van der Waals surface area contributed by atoms with Crippen molar-refractivity contribution in [2.45, 2.75) is 32.6 Å². The van der Waals surface area contributed by atoms with Crippen molar-refractivity contribution in [1.29, 1.82) is 0 Å². The van der Waals surface area contributed by atoms with Crippen LogP contribution in [-0.2, 0) is 11.8 Å². The molecule has 0 fully saturated rings. The molecule has 102 valence electrons. The molecule has 0 saturated carbocycles. The zero-order valence-corrected chi connectivity index (χ0v) is 13.2. The number of aryl methyl sites for hydroxylation is 1. The van der Waals surface area contributed by atoms with Crippen LogP contribution in [0.4, 0.5) is 0 Å². The fourth-order valence-electron chi connectivity index (χ4n) is 1.92. The SMILES string of the molecule is CCc1ccc(-n2cc(Br)c(C(C)(C)CN)n2)cc1. The summed E-state index contributed by atoms with van der Waals surface area (Å²) in [6, 6.07) is 8.46. The zero-order valence-electron chi connectivity index (χ0n) is 11.7. The summed E-state index contributed by atoms with van der Waals surface area (Å²) >= 11 is 3.58. The van der Waals surface area contributed by atoms with Gasteiger partial charge in [-0.25, -0.2) is 4.68 Å². The van der Waals surface area contributed by atoms with Gasteiger partial charge in [0.1, 0.15) is 0 Å². The van der Waals surface area contributed by atoms with Crippen LogP contribution in [0.2, 0.25) is 0 Å². The molecular formula is C15H20BrN3. The van der Waals surface area contributed by atoms with Crippen molar-refractivity contribution in [3.05, 3.63) is 46.2 Å². The number of hydrogen-bond donors (Lipinski definition) is 1. The average molecular weight is 322 g/mol. The van der Waals surface area contributed by atoms with Crippen LogP contribution in [0.15, 0.2) is 34.9 Å². The lowest BCUT2D eigenvalue weighted by Crippen LogP contribution is -2.29. The Labute approximate surface area is 122 Å². The molecule has 0 aliphatic heterocycles. The normalized spacial score (nSPS) is 11.8. The highest BCUT2D eigenvalue weighted by molar-refractivity contribution is 9.10. The summed E-state index contributed by atoms with van der Waals surface area (Å²) in [4.78, 5) is 0. The Kier molecular flexibility index (Phi) is 4.11.